The first-order chi connectivity index (χ1) is 9.95. The van der Waals surface area contributed by atoms with Crippen LogP contribution in [0.3, 0.4) is 0 Å². The Bertz CT molecular complexity index is 640. The molecule has 4 heteroatoms. The van der Waals surface area contributed by atoms with Gasteiger partial charge in [-0.15, -0.1) is 0 Å². The fourth-order valence-corrected chi connectivity index (χ4v) is 2.80. The first-order valence-corrected chi connectivity index (χ1v) is 7.56. The SMILES string of the molecule is Cc1ccc(C(=O)NC(C)Cc2ccc(F)cc2)c(Br)c1. The molecule has 0 fully saturated rings. The Morgan fingerprint density at radius 3 is 2.52 bits per heavy atom. The Morgan fingerprint density at radius 1 is 1.24 bits per heavy atom. The van der Waals surface area contributed by atoms with Gasteiger partial charge in [0, 0.05) is 10.5 Å². The Kier molecular flexibility index (Phi) is 5.12. The Balaban J connectivity index is 2.00. The summed E-state index contributed by atoms with van der Waals surface area (Å²) in [5.74, 6) is -0.365. The summed E-state index contributed by atoms with van der Waals surface area (Å²) in [6.07, 6.45) is 0.662. The first-order valence-electron chi connectivity index (χ1n) is 6.77. The number of hydrogen-bond acceptors (Lipinski definition) is 1. The minimum atomic E-state index is -0.251. The van der Waals surface area contributed by atoms with Crippen LogP contribution in [0.15, 0.2) is 46.9 Å². The lowest BCUT2D eigenvalue weighted by atomic mass is 10.1. The molecular formula is C17H17BrFNO. The third-order valence-corrected chi connectivity index (χ3v) is 3.86. The van der Waals surface area contributed by atoms with Gasteiger partial charge in [0.1, 0.15) is 5.82 Å². The Hall–Kier alpha value is -1.68. The highest BCUT2D eigenvalue weighted by Gasteiger charge is 2.13. The molecule has 2 nitrogen and oxygen atoms in total. The van der Waals surface area contributed by atoms with E-state index in [0.29, 0.717) is 12.0 Å². The van der Waals surface area contributed by atoms with Gasteiger partial charge >= 0.3 is 0 Å². The van der Waals surface area contributed by atoms with Crippen LogP contribution in [0.25, 0.3) is 0 Å². The maximum absolute atomic E-state index is 12.9. The van der Waals surface area contributed by atoms with Gasteiger partial charge < -0.3 is 5.32 Å². The second-order valence-electron chi connectivity index (χ2n) is 5.19. The van der Waals surface area contributed by atoms with Crippen LogP contribution in [-0.4, -0.2) is 11.9 Å². The van der Waals surface area contributed by atoms with Crippen LogP contribution in [0.4, 0.5) is 4.39 Å². The highest BCUT2D eigenvalue weighted by atomic mass is 79.9. The van der Waals surface area contributed by atoms with Gasteiger partial charge in [-0.3, -0.25) is 4.79 Å². The fourth-order valence-electron chi connectivity index (χ4n) is 2.13. The van der Waals surface area contributed by atoms with Crippen LogP contribution in [0.1, 0.15) is 28.4 Å². The molecule has 0 aliphatic rings. The fraction of sp³-hybridized carbons (Fsp3) is 0.235. The summed E-state index contributed by atoms with van der Waals surface area (Å²) in [4.78, 5) is 12.2. The van der Waals surface area contributed by atoms with E-state index in [-0.39, 0.29) is 17.8 Å². The first kappa shape index (κ1) is 15.7. The molecule has 0 aliphatic carbocycles. The molecule has 0 spiro atoms. The second kappa shape index (κ2) is 6.85. The van der Waals surface area contributed by atoms with E-state index in [1.165, 1.54) is 12.1 Å². The number of carbonyl (C=O) groups is 1. The molecule has 0 saturated carbocycles. The van der Waals surface area contributed by atoms with E-state index < -0.39 is 0 Å². The van der Waals surface area contributed by atoms with Crippen molar-refractivity contribution in [3.8, 4) is 0 Å². The minimum absolute atomic E-state index is 0.0313. The molecule has 0 radical (unpaired) electrons. The maximum Gasteiger partial charge on any atom is 0.252 e. The topological polar surface area (TPSA) is 29.1 Å². The average molecular weight is 350 g/mol. The van der Waals surface area contributed by atoms with Gasteiger partial charge in [0.05, 0.1) is 5.56 Å². The van der Waals surface area contributed by atoms with Gasteiger partial charge in [-0.1, -0.05) is 18.2 Å². The van der Waals surface area contributed by atoms with Gasteiger partial charge in [-0.2, -0.15) is 0 Å². The summed E-state index contributed by atoms with van der Waals surface area (Å²) < 4.78 is 13.6. The van der Waals surface area contributed by atoms with Crippen molar-refractivity contribution in [2.75, 3.05) is 0 Å². The zero-order valence-corrected chi connectivity index (χ0v) is 13.6. The van der Waals surface area contributed by atoms with Crippen LogP contribution in [-0.2, 0) is 6.42 Å². The number of carbonyl (C=O) groups excluding carboxylic acids is 1. The summed E-state index contributed by atoms with van der Waals surface area (Å²) in [5.41, 5.74) is 2.71. The summed E-state index contributed by atoms with van der Waals surface area (Å²) in [6.45, 7) is 3.91. The van der Waals surface area contributed by atoms with Crippen LogP contribution < -0.4 is 5.32 Å². The molecule has 2 aromatic carbocycles. The van der Waals surface area contributed by atoms with Gasteiger partial charge in [0.15, 0.2) is 0 Å². The molecule has 1 atom stereocenters. The third kappa shape index (κ3) is 4.39. The Morgan fingerprint density at radius 2 is 1.90 bits per heavy atom. The number of halogens is 2. The zero-order valence-electron chi connectivity index (χ0n) is 12.0. The molecule has 2 rings (SSSR count). The predicted octanol–water partition coefficient (Wildman–Crippen LogP) is 4.26. The molecule has 2 aromatic rings. The quantitative estimate of drug-likeness (QED) is 0.877. The highest BCUT2D eigenvalue weighted by Crippen LogP contribution is 2.18. The van der Waals surface area contributed by atoms with Crippen LogP contribution in [0, 0.1) is 12.7 Å². The molecule has 1 unspecified atom stereocenters. The minimum Gasteiger partial charge on any atom is -0.349 e. The van der Waals surface area contributed by atoms with Crippen molar-refractivity contribution in [2.24, 2.45) is 0 Å². The van der Waals surface area contributed by atoms with Gasteiger partial charge in [0.2, 0.25) is 0 Å². The smallest absolute Gasteiger partial charge is 0.252 e. The summed E-state index contributed by atoms with van der Waals surface area (Å²) >= 11 is 3.41. The van der Waals surface area contributed by atoms with Crippen molar-refractivity contribution in [2.45, 2.75) is 26.3 Å². The summed E-state index contributed by atoms with van der Waals surface area (Å²) in [7, 11) is 0. The normalized spacial score (nSPS) is 12.0. The van der Waals surface area contributed by atoms with E-state index in [1.54, 1.807) is 18.2 Å². The molecule has 0 bridgehead atoms. The van der Waals surface area contributed by atoms with E-state index in [1.807, 2.05) is 26.0 Å². The van der Waals surface area contributed by atoms with Crippen molar-refractivity contribution >= 4 is 21.8 Å². The Labute approximate surface area is 132 Å². The molecule has 21 heavy (non-hydrogen) atoms. The summed E-state index contributed by atoms with van der Waals surface area (Å²) in [5, 5.41) is 2.96. The van der Waals surface area contributed by atoms with Gasteiger partial charge in [-0.25, -0.2) is 4.39 Å². The van der Waals surface area contributed by atoms with E-state index in [4.69, 9.17) is 0 Å². The lowest BCUT2D eigenvalue weighted by Gasteiger charge is -2.15. The third-order valence-electron chi connectivity index (χ3n) is 3.20. The van der Waals surface area contributed by atoms with E-state index in [9.17, 15) is 9.18 Å². The second-order valence-corrected chi connectivity index (χ2v) is 6.04. The molecule has 0 aromatic heterocycles. The van der Waals surface area contributed by atoms with E-state index in [0.717, 1.165) is 15.6 Å². The van der Waals surface area contributed by atoms with Gasteiger partial charge in [0.25, 0.3) is 5.91 Å². The molecule has 1 amide bonds. The average Bonchev–Trinajstić information content (AvgIpc) is 2.41. The molecule has 0 aliphatic heterocycles. The predicted molar refractivity (Wildman–Crippen MR) is 85.9 cm³/mol. The number of hydrogen-bond donors (Lipinski definition) is 1. The van der Waals surface area contributed by atoms with Crippen molar-refractivity contribution in [1.82, 2.24) is 5.32 Å². The lowest BCUT2D eigenvalue weighted by Crippen LogP contribution is -2.34. The van der Waals surface area contributed by atoms with Crippen molar-refractivity contribution in [1.29, 1.82) is 0 Å². The van der Waals surface area contributed by atoms with Crippen molar-refractivity contribution in [3.05, 3.63) is 69.4 Å². The molecular weight excluding hydrogens is 333 g/mol. The number of nitrogens with one attached hydrogen (secondary N) is 1. The molecule has 0 saturated heterocycles. The van der Waals surface area contributed by atoms with Crippen LogP contribution in [0.5, 0.6) is 0 Å². The van der Waals surface area contributed by atoms with Crippen LogP contribution in [0.2, 0.25) is 0 Å². The zero-order chi connectivity index (χ0) is 15.4. The molecule has 1 N–H and O–H groups in total. The molecule has 0 heterocycles. The largest absolute Gasteiger partial charge is 0.349 e. The lowest BCUT2D eigenvalue weighted by molar-refractivity contribution is 0.0939. The number of aryl methyl sites for hydroxylation is 1. The monoisotopic (exact) mass is 349 g/mol. The maximum atomic E-state index is 12.9. The number of benzene rings is 2. The van der Waals surface area contributed by atoms with Gasteiger partial charge in [-0.05, 0) is 71.6 Å². The van der Waals surface area contributed by atoms with E-state index >= 15 is 0 Å². The number of amides is 1. The standard InChI is InChI=1S/C17H17BrFNO/c1-11-3-8-15(16(18)9-11)17(21)20-12(2)10-13-4-6-14(19)7-5-13/h3-9,12H,10H2,1-2H3,(H,20,21). The van der Waals surface area contributed by atoms with Crippen molar-refractivity contribution < 1.29 is 9.18 Å². The van der Waals surface area contributed by atoms with Crippen LogP contribution >= 0.6 is 15.9 Å². The molecule has 110 valence electrons. The van der Waals surface area contributed by atoms with Crippen molar-refractivity contribution in [3.63, 3.8) is 0 Å². The summed E-state index contributed by atoms with van der Waals surface area (Å²) in [6, 6.07) is 11.9. The number of rotatable bonds is 4. The van der Waals surface area contributed by atoms with E-state index in [2.05, 4.69) is 21.2 Å². The highest BCUT2D eigenvalue weighted by molar-refractivity contribution is 9.10.